The molecule has 1 atom stereocenters. The van der Waals surface area contributed by atoms with Crippen LogP contribution in [-0.4, -0.2) is 12.6 Å². The number of carbonyl (C=O) groups is 1. The maximum absolute atomic E-state index is 12.7. The summed E-state index contributed by atoms with van der Waals surface area (Å²) in [7, 11) is 0. The summed E-state index contributed by atoms with van der Waals surface area (Å²) in [5, 5.41) is 0. The fourth-order valence-electron chi connectivity index (χ4n) is 4.90. The smallest absolute Gasteiger partial charge is 0.311 e. The highest BCUT2D eigenvalue weighted by atomic mass is 16.5. The molecule has 184 valence electrons. The monoisotopic (exact) mass is 460 g/mol. The van der Waals surface area contributed by atoms with E-state index < -0.39 is 5.41 Å². The van der Waals surface area contributed by atoms with Crippen LogP contribution in [0.15, 0.2) is 48.5 Å². The van der Waals surface area contributed by atoms with Crippen LogP contribution in [0.5, 0.6) is 0 Å². The molecular weight excluding hydrogens is 416 g/mol. The summed E-state index contributed by atoms with van der Waals surface area (Å²) >= 11 is 0. The summed E-state index contributed by atoms with van der Waals surface area (Å²) in [5.41, 5.74) is 6.78. The molecule has 2 heteroatoms. The average molecular weight is 461 g/mol. The quantitative estimate of drug-likeness (QED) is 0.262. The van der Waals surface area contributed by atoms with Crippen molar-refractivity contribution in [2.75, 3.05) is 6.61 Å². The SMILES string of the molecule is CC(CC(C)(C)C)C(C)(C)C(=O)OCCCCCc1ccc2c(c1)C=C(c1ccccc1)CC2. The van der Waals surface area contributed by atoms with Gasteiger partial charge in [0, 0.05) is 0 Å². The first kappa shape index (κ1) is 26.3. The van der Waals surface area contributed by atoms with Crippen LogP contribution < -0.4 is 0 Å². The number of aryl methyl sites for hydroxylation is 2. The van der Waals surface area contributed by atoms with Gasteiger partial charge in [-0.15, -0.1) is 0 Å². The van der Waals surface area contributed by atoms with Gasteiger partial charge in [-0.25, -0.2) is 0 Å². The number of allylic oxidation sites excluding steroid dienone is 1. The van der Waals surface area contributed by atoms with Crippen molar-refractivity contribution in [1.82, 2.24) is 0 Å². The Balaban J connectivity index is 1.43. The highest BCUT2D eigenvalue weighted by Crippen LogP contribution is 2.37. The summed E-state index contributed by atoms with van der Waals surface area (Å²) in [4.78, 5) is 12.7. The van der Waals surface area contributed by atoms with E-state index in [2.05, 4.69) is 82.3 Å². The van der Waals surface area contributed by atoms with Crippen LogP contribution in [0, 0.1) is 16.7 Å². The number of benzene rings is 2. The Kier molecular flexibility index (Phi) is 8.79. The summed E-state index contributed by atoms with van der Waals surface area (Å²) < 4.78 is 5.68. The Bertz CT molecular complexity index is 976. The Morgan fingerprint density at radius 3 is 2.38 bits per heavy atom. The van der Waals surface area contributed by atoms with Gasteiger partial charge in [0.25, 0.3) is 0 Å². The summed E-state index contributed by atoms with van der Waals surface area (Å²) in [5.74, 6) is 0.236. The summed E-state index contributed by atoms with van der Waals surface area (Å²) in [6.45, 7) is 13.4. The van der Waals surface area contributed by atoms with Crippen molar-refractivity contribution in [3.63, 3.8) is 0 Å². The first-order chi connectivity index (χ1) is 16.1. The molecule has 0 spiro atoms. The molecule has 2 nitrogen and oxygen atoms in total. The van der Waals surface area contributed by atoms with E-state index in [1.165, 1.54) is 27.8 Å². The minimum Gasteiger partial charge on any atom is -0.465 e. The van der Waals surface area contributed by atoms with Crippen molar-refractivity contribution in [2.45, 2.75) is 86.5 Å². The normalized spacial score (nSPS) is 14.8. The number of esters is 1. The van der Waals surface area contributed by atoms with Crippen LogP contribution in [0.4, 0.5) is 0 Å². The third kappa shape index (κ3) is 7.32. The maximum atomic E-state index is 12.7. The van der Waals surface area contributed by atoms with Crippen molar-refractivity contribution in [3.05, 3.63) is 70.8 Å². The second-order valence-corrected chi connectivity index (χ2v) is 11.9. The summed E-state index contributed by atoms with van der Waals surface area (Å²) in [6, 6.07) is 17.7. The lowest BCUT2D eigenvalue weighted by Crippen LogP contribution is -2.35. The Labute approximate surface area is 207 Å². The van der Waals surface area contributed by atoms with Gasteiger partial charge in [0.15, 0.2) is 0 Å². The molecule has 0 radical (unpaired) electrons. The number of hydrogen-bond acceptors (Lipinski definition) is 2. The third-order valence-corrected chi connectivity index (χ3v) is 7.37. The van der Waals surface area contributed by atoms with Crippen LogP contribution in [0.25, 0.3) is 11.6 Å². The van der Waals surface area contributed by atoms with Gasteiger partial charge >= 0.3 is 5.97 Å². The zero-order valence-electron chi connectivity index (χ0n) is 22.2. The van der Waals surface area contributed by atoms with Gasteiger partial charge in [-0.05, 0) is 98.0 Å². The standard InChI is InChI=1S/C32H44O2/c1-24(23-31(2,3)4)32(5,6)30(33)34-20-12-8-9-13-25-16-17-27-18-19-28(22-29(27)21-25)26-14-10-7-11-15-26/h7,10-11,14-17,21-22,24H,8-9,12-13,18-20,23H2,1-6H3. The molecule has 0 amide bonds. The number of carbonyl (C=O) groups excluding carboxylic acids is 1. The molecule has 3 rings (SSSR count). The topological polar surface area (TPSA) is 26.3 Å². The molecule has 0 saturated heterocycles. The maximum Gasteiger partial charge on any atom is 0.311 e. The number of fused-ring (bicyclic) bond motifs is 1. The molecule has 0 bridgehead atoms. The van der Waals surface area contributed by atoms with E-state index >= 15 is 0 Å². The lowest BCUT2D eigenvalue weighted by atomic mass is 9.72. The molecular formula is C32H44O2. The lowest BCUT2D eigenvalue weighted by Gasteiger charge is -2.34. The highest BCUT2D eigenvalue weighted by molar-refractivity contribution is 5.84. The van der Waals surface area contributed by atoms with E-state index in [0.717, 1.165) is 44.9 Å². The number of unbranched alkanes of at least 4 members (excludes halogenated alkanes) is 2. The van der Waals surface area contributed by atoms with Crippen molar-refractivity contribution >= 4 is 17.6 Å². The molecule has 0 aliphatic heterocycles. The molecule has 34 heavy (non-hydrogen) atoms. The first-order valence-corrected chi connectivity index (χ1v) is 13.1. The molecule has 2 aromatic carbocycles. The van der Waals surface area contributed by atoms with Gasteiger partial charge in [0.1, 0.15) is 0 Å². The van der Waals surface area contributed by atoms with Crippen LogP contribution >= 0.6 is 0 Å². The Morgan fingerprint density at radius 2 is 1.68 bits per heavy atom. The number of hydrogen-bond donors (Lipinski definition) is 0. The molecule has 0 heterocycles. The number of rotatable bonds is 10. The minimum atomic E-state index is -0.442. The lowest BCUT2D eigenvalue weighted by molar-refractivity contribution is -0.157. The highest BCUT2D eigenvalue weighted by Gasteiger charge is 2.37. The fraction of sp³-hybridized carbons (Fsp3) is 0.531. The third-order valence-electron chi connectivity index (χ3n) is 7.37. The zero-order chi connectivity index (χ0) is 24.8. The fourth-order valence-corrected chi connectivity index (χ4v) is 4.90. The minimum absolute atomic E-state index is 0.0556. The van der Waals surface area contributed by atoms with Crippen LogP contribution in [-0.2, 0) is 22.4 Å². The largest absolute Gasteiger partial charge is 0.465 e. The van der Waals surface area contributed by atoms with E-state index in [1.54, 1.807) is 0 Å². The average Bonchev–Trinajstić information content (AvgIpc) is 2.80. The van der Waals surface area contributed by atoms with Crippen molar-refractivity contribution < 1.29 is 9.53 Å². The van der Waals surface area contributed by atoms with Gasteiger partial charge in [-0.1, -0.05) is 82.3 Å². The van der Waals surface area contributed by atoms with E-state index in [4.69, 9.17) is 4.74 Å². The molecule has 0 aromatic heterocycles. The van der Waals surface area contributed by atoms with Crippen molar-refractivity contribution in [3.8, 4) is 0 Å². The van der Waals surface area contributed by atoms with Gasteiger partial charge in [0.05, 0.1) is 12.0 Å². The summed E-state index contributed by atoms with van der Waals surface area (Å²) in [6.07, 6.45) is 9.82. The van der Waals surface area contributed by atoms with Crippen molar-refractivity contribution in [2.24, 2.45) is 16.7 Å². The molecule has 1 aliphatic rings. The number of ether oxygens (including phenoxy) is 1. The van der Waals surface area contributed by atoms with E-state index in [0.29, 0.717) is 12.5 Å². The van der Waals surface area contributed by atoms with Crippen molar-refractivity contribution in [1.29, 1.82) is 0 Å². The molecule has 0 fully saturated rings. The zero-order valence-corrected chi connectivity index (χ0v) is 22.2. The second kappa shape index (κ2) is 11.4. The first-order valence-electron chi connectivity index (χ1n) is 13.1. The van der Waals surface area contributed by atoms with Gasteiger partial charge in [-0.2, -0.15) is 0 Å². The van der Waals surface area contributed by atoms with E-state index in [1.807, 2.05) is 13.8 Å². The van der Waals surface area contributed by atoms with E-state index in [-0.39, 0.29) is 11.4 Å². The van der Waals surface area contributed by atoms with Gasteiger partial charge in [-0.3, -0.25) is 4.79 Å². The van der Waals surface area contributed by atoms with Crippen LogP contribution in [0.1, 0.15) is 95.9 Å². The van der Waals surface area contributed by atoms with Gasteiger partial charge < -0.3 is 4.74 Å². The molecule has 1 unspecified atom stereocenters. The van der Waals surface area contributed by atoms with E-state index in [9.17, 15) is 4.79 Å². The van der Waals surface area contributed by atoms with Crippen LogP contribution in [0.2, 0.25) is 0 Å². The predicted molar refractivity (Wildman–Crippen MR) is 145 cm³/mol. The predicted octanol–water partition coefficient (Wildman–Crippen LogP) is 8.53. The molecule has 1 aliphatic carbocycles. The molecule has 0 N–H and O–H groups in total. The molecule has 2 aromatic rings. The van der Waals surface area contributed by atoms with Gasteiger partial charge in [0.2, 0.25) is 0 Å². The molecule has 0 saturated carbocycles. The Morgan fingerprint density at radius 1 is 0.941 bits per heavy atom. The van der Waals surface area contributed by atoms with Crippen LogP contribution in [0.3, 0.4) is 0 Å². The second-order valence-electron chi connectivity index (χ2n) is 11.9. The Hall–Kier alpha value is -2.35.